The molecule has 1 aromatic heterocycles. The van der Waals surface area contributed by atoms with Crippen molar-refractivity contribution in [3.63, 3.8) is 0 Å². The van der Waals surface area contributed by atoms with Crippen LogP contribution in [-0.4, -0.2) is 26.3 Å². The summed E-state index contributed by atoms with van der Waals surface area (Å²) in [7, 11) is 0. The molecule has 1 saturated carbocycles. The molecule has 1 atom stereocenters. The van der Waals surface area contributed by atoms with Crippen LogP contribution < -0.4 is 10.9 Å². The molecule has 0 bridgehead atoms. The van der Waals surface area contributed by atoms with Crippen molar-refractivity contribution in [2.45, 2.75) is 63.2 Å². The number of aryl methyl sites for hydroxylation is 1. The molecule has 0 spiro atoms. The van der Waals surface area contributed by atoms with E-state index in [1.54, 1.807) is 4.57 Å². The fourth-order valence-electron chi connectivity index (χ4n) is 3.60. The Kier molecular flexibility index (Phi) is 6.78. The molecule has 28 heavy (non-hydrogen) atoms. The maximum Gasteiger partial charge on any atom is 0.258 e. The van der Waals surface area contributed by atoms with Crippen molar-refractivity contribution in [1.82, 2.24) is 14.9 Å². The van der Waals surface area contributed by atoms with Crippen molar-refractivity contribution in [2.75, 3.05) is 5.75 Å². The van der Waals surface area contributed by atoms with E-state index in [-0.39, 0.29) is 35.2 Å². The van der Waals surface area contributed by atoms with Gasteiger partial charge in [-0.05, 0) is 37.3 Å². The normalized spacial score (nSPS) is 15.5. The lowest BCUT2D eigenvalue weighted by atomic mass is 10.1. The summed E-state index contributed by atoms with van der Waals surface area (Å²) in [5.74, 6) is -0.292. The zero-order chi connectivity index (χ0) is 20.1. The van der Waals surface area contributed by atoms with E-state index < -0.39 is 0 Å². The number of hydrogen-bond donors (Lipinski definition) is 2. The number of aromatic nitrogens is 2. The molecular weight excluding hydrogens is 374 g/mol. The van der Waals surface area contributed by atoms with Crippen LogP contribution in [0.1, 0.15) is 62.7 Å². The van der Waals surface area contributed by atoms with Crippen LogP contribution in [0.4, 0.5) is 0 Å². The second-order valence-electron chi connectivity index (χ2n) is 7.22. The molecule has 2 N–H and O–H groups in total. The van der Waals surface area contributed by atoms with Crippen LogP contribution in [-0.2, 0) is 11.2 Å². The fourth-order valence-corrected chi connectivity index (χ4v) is 4.48. The number of nitrogens with one attached hydrogen (secondary N) is 1. The molecule has 1 fully saturated rings. The van der Waals surface area contributed by atoms with Gasteiger partial charge in [0.25, 0.3) is 5.56 Å². The fraction of sp³-hybridized carbons (Fsp3) is 0.476. The van der Waals surface area contributed by atoms with Crippen molar-refractivity contribution in [3.8, 4) is 5.88 Å². The lowest BCUT2D eigenvalue weighted by molar-refractivity contribution is -0.119. The first-order valence-corrected chi connectivity index (χ1v) is 10.8. The molecule has 2 aromatic rings. The average Bonchev–Trinajstić information content (AvgIpc) is 3.20. The predicted octanol–water partition coefficient (Wildman–Crippen LogP) is 3.60. The van der Waals surface area contributed by atoms with Crippen LogP contribution in [0.2, 0.25) is 0 Å². The van der Waals surface area contributed by atoms with Gasteiger partial charge in [-0.3, -0.25) is 14.2 Å². The SMILES string of the molecule is CCc1ccc([C@@H](C)NC(=O)CSc2nc(O)cc(=O)n2C2CCCC2)cc1. The number of aromatic hydroxyl groups is 1. The van der Waals surface area contributed by atoms with E-state index in [1.165, 1.54) is 17.3 Å². The van der Waals surface area contributed by atoms with E-state index in [0.717, 1.165) is 43.7 Å². The van der Waals surface area contributed by atoms with Gasteiger partial charge in [0.1, 0.15) is 0 Å². The van der Waals surface area contributed by atoms with Crippen LogP contribution in [0, 0.1) is 0 Å². The number of carbonyl (C=O) groups excluding carboxylic acids is 1. The summed E-state index contributed by atoms with van der Waals surface area (Å²) < 4.78 is 1.64. The highest BCUT2D eigenvalue weighted by molar-refractivity contribution is 7.99. The molecule has 6 nitrogen and oxygen atoms in total. The van der Waals surface area contributed by atoms with Gasteiger partial charge >= 0.3 is 0 Å². The van der Waals surface area contributed by atoms with Crippen molar-refractivity contribution < 1.29 is 9.90 Å². The molecule has 1 aromatic carbocycles. The van der Waals surface area contributed by atoms with Crippen LogP contribution in [0.3, 0.4) is 0 Å². The van der Waals surface area contributed by atoms with Gasteiger partial charge in [-0.25, -0.2) is 0 Å². The topological polar surface area (TPSA) is 84.2 Å². The first-order valence-electron chi connectivity index (χ1n) is 9.81. The van der Waals surface area contributed by atoms with E-state index in [4.69, 9.17) is 0 Å². The zero-order valence-corrected chi connectivity index (χ0v) is 17.2. The third kappa shape index (κ3) is 4.95. The van der Waals surface area contributed by atoms with Gasteiger partial charge < -0.3 is 10.4 Å². The number of nitrogens with zero attached hydrogens (tertiary/aromatic N) is 2. The largest absolute Gasteiger partial charge is 0.493 e. The minimum absolute atomic E-state index is 0.0992. The molecule has 0 radical (unpaired) electrons. The van der Waals surface area contributed by atoms with Crippen molar-refractivity contribution in [3.05, 3.63) is 51.8 Å². The van der Waals surface area contributed by atoms with Crippen LogP contribution >= 0.6 is 11.8 Å². The molecule has 1 aliphatic rings. The summed E-state index contributed by atoms with van der Waals surface area (Å²) >= 11 is 1.19. The van der Waals surface area contributed by atoms with Crippen molar-refractivity contribution >= 4 is 17.7 Å². The number of carbonyl (C=O) groups is 1. The Balaban J connectivity index is 1.64. The average molecular weight is 402 g/mol. The molecule has 1 heterocycles. The van der Waals surface area contributed by atoms with E-state index in [0.29, 0.717) is 5.16 Å². The van der Waals surface area contributed by atoms with E-state index in [2.05, 4.69) is 29.4 Å². The van der Waals surface area contributed by atoms with Gasteiger partial charge in [0.15, 0.2) is 5.16 Å². The number of benzene rings is 1. The molecule has 0 aliphatic heterocycles. The van der Waals surface area contributed by atoms with Gasteiger partial charge in [0.05, 0.1) is 17.9 Å². The minimum atomic E-state index is -0.300. The van der Waals surface area contributed by atoms with Crippen molar-refractivity contribution in [2.24, 2.45) is 0 Å². The highest BCUT2D eigenvalue weighted by Gasteiger charge is 2.22. The molecule has 150 valence electrons. The molecule has 0 unspecified atom stereocenters. The third-order valence-electron chi connectivity index (χ3n) is 5.19. The summed E-state index contributed by atoms with van der Waals surface area (Å²) in [5, 5.41) is 13.1. The molecule has 0 saturated heterocycles. The first kappa shape index (κ1) is 20.5. The summed E-state index contributed by atoms with van der Waals surface area (Å²) in [6, 6.07) is 9.35. The highest BCUT2D eigenvalue weighted by Crippen LogP contribution is 2.31. The Labute approximate surface area is 169 Å². The standard InChI is InChI=1S/C21H27N3O3S/c1-3-15-8-10-16(11-9-15)14(2)22-19(26)13-28-21-23-18(25)12-20(27)24(21)17-6-4-5-7-17/h8-12,14,17,25H,3-7,13H2,1-2H3,(H,22,26)/t14-/m1/s1. The molecular formula is C21H27N3O3S. The van der Waals surface area contributed by atoms with Crippen LogP contribution in [0.5, 0.6) is 5.88 Å². The number of thioether (sulfide) groups is 1. The Bertz CT molecular complexity index is 873. The molecule has 3 rings (SSSR count). The van der Waals surface area contributed by atoms with E-state index in [9.17, 15) is 14.7 Å². The predicted molar refractivity (Wildman–Crippen MR) is 111 cm³/mol. The van der Waals surface area contributed by atoms with Gasteiger partial charge in [-0.2, -0.15) is 4.98 Å². The smallest absolute Gasteiger partial charge is 0.258 e. The number of amides is 1. The monoisotopic (exact) mass is 401 g/mol. The molecule has 1 aliphatic carbocycles. The Morgan fingerprint density at radius 3 is 2.64 bits per heavy atom. The minimum Gasteiger partial charge on any atom is -0.493 e. The van der Waals surface area contributed by atoms with Gasteiger partial charge in [-0.1, -0.05) is 55.8 Å². The lowest BCUT2D eigenvalue weighted by Crippen LogP contribution is -2.29. The van der Waals surface area contributed by atoms with Crippen LogP contribution in [0.15, 0.2) is 40.3 Å². The summed E-state index contributed by atoms with van der Waals surface area (Å²) in [6.07, 6.45) is 5.00. The highest BCUT2D eigenvalue weighted by atomic mass is 32.2. The van der Waals surface area contributed by atoms with Gasteiger partial charge in [0, 0.05) is 6.04 Å². The maximum atomic E-state index is 12.4. The number of hydrogen-bond acceptors (Lipinski definition) is 5. The Morgan fingerprint density at radius 1 is 1.32 bits per heavy atom. The third-order valence-corrected chi connectivity index (χ3v) is 6.15. The first-order chi connectivity index (χ1) is 13.5. The summed E-state index contributed by atoms with van der Waals surface area (Å²) in [5.41, 5.74) is 2.05. The van der Waals surface area contributed by atoms with Gasteiger partial charge in [-0.15, -0.1) is 0 Å². The zero-order valence-electron chi connectivity index (χ0n) is 16.4. The van der Waals surface area contributed by atoms with Gasteiger partial charge in [0.2, 0.25) is 11.8 Å². The Hall–Kier alpha value is -2.28. The second kappa shape index (κ2) is 9.28. The summed E-state index contributed by atoms with van der Waals surface area (Å²) in [4.78, 5) is 28.9. The molecule has 1 amide bonds. The Morgan fingerprint density at radius 2 is 2.00 bits per heavy atom. The maximum absolute atomic E-state index is 12.4. The van der Waals surface area contributed by atoms with E-state index in [1.807, 2.05) is 19.1 Å². The quantitative estimate of drug-likeness (QED) is 0.547. The molecule has 7 heteroatoms. The van der Waals surface area contributed by atoms with Crippen molar-refractivity contribution in [1.29, 1.82) is 0 Å². The lowest BCUT2D eigenvalue weighted by Gasteiger charge is -2.18. The second-order valence-corrected chi connectivity index (χ2v) is 8.16. The van der Waals surface area contributed by atoms with Crippen LogP contribution in [0.25, 0.3) is 0 Å². The van der Waals surface area contributed by atoms with E-state index >= 15 is 0 Å². The summed E-state index contributed by atoms with van der Waals surface area (Å²) in [6.45, 7) is 4.06. The number of rotatable bonds is 7.